The normalized spacial score (nSPS) is 19.2. The number of sulfonamides is 1. The number of hydrogen-bond donors (Lipinski definition) is 1. The van der Waals surface area contributed by atoms with Crippen LogP contribution in [0.2, 0.25) is 0 Å². The Morgan fingerprint density at radius 2 is 1.81 bits per heavy atom. The number of ether oxygens (including phenoxy) is 1. The highest BCUT2D eigenvalue weighted by molar-refractivity contribution is 7.88. The minimum absolute atomic E-state index is 0.0282. The van der Waals surface area contributed by atoms with E-state index in [4.69, 9.17) is 4.42 Å². The van der Waals surface area contributed by atoms with Crippen LogP contribution in [0.4, 0.5) is 13.6 Å². The van der Waals surface area contributed by atoms with Crippen molar-refractivity contribution in [3.8, 4) is 5.75 Å². The molecule has 0 aliphatic carbocycles. The maximum absolute atomic E-state index is 12.9. The number of carbonyl (C=O) groups excluding carboxylic acids is 2. The molecule has 1 aromatic heterocycles. The van der Waals surface area contributed by atoms with Crippen molar-refractivity contribution in [1.82, 2.24) is 14.5 Å². The Labute approximate surface area is 184 Å². The molecule has 1 aliphatic rings. The van der Waals surface area contributed by atoms with Gasteiger partial charge in [-0.1, -0.05) is 12.1 Å². The molecule has 1 aliphatic heterocycles. The maximum atomic E-state index is 12.9. The smallest absolute Gasteiger partial charge is 0.387 e. The minimum atomic E-state index is -3.78. The van der Waals surface area contributed by atoms with Gasteiger partial charge in [-0.2, -0.15) is 8.78 Å². The van der Waals surface area contributed by atoms with Gasteiger partial charge in [0.15, 0.2) is 0 Å². The molecular weight excluding hydrogens is 448 g/mol. The van der Waals surface area contributed by atoms with Gasteiger partial charge >= 0.3 is 12.6 Å². The van der Waals surface area contributed by atoms with Gasteiger partial charge < -0.3 is 14.5 Å². The van der Waals surface area contributed by atoms with Gasteiger partial charge in [0.2, 0.25) is 5.09 Å². The number of imide groups is 1. The molecule has 0 spiro atoms. The number of halogens is 2. The second-order valence-electron chi connectivity index (χ2n) is 7.68. The molecule has 3 amide bonds. The Morgan fingerprint density at radius 1 is 1.16 bits per heavy atom. The van der Waals surface area contributed by atoms with Crippen LogP contribution >= 0.6 is 0 Å². The maximum Gasteiger partial charge on any atom is 0.387 e. The number of amides is 3. The molecule has 3 rings (SSSR count). The quantitative estimate of drug-likeness (QED) is 0.563. The molecule has 0 bridgehead atoms. The second kappa shape index (κ2) is 8.87. The predicted molar refractivity (Wildman–Crippen MR) is 108 cm³/mol. The fourth-order valence-corrected chi connectivity index (χ4v) is 4.02. The first-order valence-electron chi connectivity index (χ1n) is 9.61. The third-order valence-electron chi connectivity index (χ3n) is 5.09. The van der Waals surface area contributed by atoms with Gasteiger partial charge in [-0.3, -0.25) is 9.69 Å². The zero-order chi connectivity index (χ0) is 23.7. The van der Waals surface area contributed by atoms with Gasteiger partial charge in [-0.25, -0.2) is 17.5 Å². The largest absolute Gasteiger partial charge is 0.446 e. The van der Waals surface area contributed by atoms with Crippen LogP contribution in [0.1, 0.15) is 24.7 Å². The summed E-state index contributed by atoms with van der Waals surface area (Å²) in [4.78, 5) is 26.3. The molecule has 0 radical (unpaired) electrons. The van der Waals surface area contributed by atoms with Gasteiger partial charge in [-0.05, 0) is 49.6 Å². The highest BCUT2D eigenvalue weighted by atomic mass is 32.2. The summed E-state index contributed by atoms with van der Waals surface area (Å²) in [5.41, 5.74) is -0.404. The number of furan rings is 1. The molecule has 9 nitrogen and oxygen atoms in total. The van der Waals surface area contributed by atoms with Crippen molar-refractivity contribution in [2.75, 3.05) is 14.1 Å². The van der Waals surface area contributed by atoms with Crippen molar-refractivity contribution in [2.45, 2.75) is 43.6 Å². The Balaban J connectivity index is 1.65. The van der Waals surface area contributed by atoms with Crippen LogP contribution in [0.3, 0.4) is 0 Å². The summed E-state index contributed by atoms with van der Waals surface area (Å²) >= 11 is 0. The summed E-state index contributed by atoms with van der Waals surface area (Å²) < 4.78 is 59.4. The topological polar surface area (TPSA) is 109 Å². The molecule has 1 unspecified atom stereocenters. The molecule has 1 saturated heterocycles. The Morgan fingerprint density at radius 3 is 2.41 bits per heavy atom. The number of nitrogens with zero attached hydrogens (tertiary/aromatic N) is 2. The van der Waals surface area contributed by atoms with Gasteiger partial charge in [0, 0.05) is 14.1 Å². The first-order chi connectivity index (χ1) is 14.9. The van der Waals surface area contributed by atoms with E-state index < -0.39 is 34.1 Å². The number of hydrogen-bond acceptors (Lipinski definition) is 6. The number of urea groups is 1. The molecule has 1 aromatic carbocycles. The molecule has 0 saturated carbocycles. The average Bonchev–Trinajstić information content (AvgIpc) is 3.27. The molecule has 1 fully saturated rings. The van der Waals surface area contributed by atoms with Crippen molar-refractivity contribution >= 4 is 22.0 Å². The molecule has 174 valence electrons. The number of benzene rings is 1. The van der Waals surface area contributed by atoms with Gasteiger partial charge in [0.05, 0.1) is 6.54 Å². The predicted octanol–water partition coefficient (Wildman–Crippen LogP) is 2.57. The van der Waals surface area contributed by atoms with Crippen molar-refractivity contribution in [2.24, 2.45) is 0 Å². The van der Waals surface area contributed by atoms with Crippen LogP contribution in [0.5, 0.6) is 5.75 Å². The van der Waals surface area contributed by atoms with E-state index in [1.54, 1.807) is 19.1 Å². The lowest BCUT2D eigenvalue weighted by atomic mass is 9.93. The molecule has 1 N–H and O–H groups in total. The van der Waals surface area contributed by atoms with Crippen LogP contribution in [0.25, 0.3) is 0 Å². The Bertz CT molecular complexity index is 1100. The first kappa shape index (κ1) is 23.7. The van der Waals surface area contributed by atoms with Gasteiger partial charge in [0.1, 0.15) is 17.0 Å². The first-order valence-corrected chi connectivity index (χ1v) is 11.1. The number of nitrogens with one attached hydrogen (secondary N) is 1. The van der Waals surface area contributed by atoms with Crippen molar-refractivity contribution < 1.29 is 35.9 Å². The van der Waals surface area contributed by atoms with E-state index in [-0.39, 0.29) is 29.6 Å². The van der Waals surface area contributed by atoms with Crippen LogP contribution < -0.4 is 10.1 Å². The summed E-state index contributed by atoms with van der Waals surface area (Å²) in [7, 11) is -1.05. The average molecular weight is 471 g/mol. The molecular formula is C20H23F2N3O6S. The SMILES string of the molecule is CN(C)S(=O)(=O)c1ccc(CN2C(=O)NC(C)(CCc3ccc(OC(F)F)cc3)C2=O)o1. The van der Waals surface area contributed by atoms with E-state index in [0.717, 1.165) is 14.8 Å². The molecule has 2 aromatic rings. The van der Waals surface area contributed by atoms with Gasteiger partial charge in [-0.15, -0.1) is 0 Å². The minimum Gasteiger partial charge on any atom is -0.446 e. The van der Waals surface area contributed by atoms with Crippen molar-refractivity contribution in [1.29, 1.82) is 0 Å². The number of alkyl halides is 2. The van der Waals surface area contributed by atoms with E-state index in [2.05, 4.69) is 10.1 Å². The Hall–Kier alpha value is -2.99. The molecule has 12 heteroatoms. The molecule has 1 atom stereocenters. The lowest BCUT2D eigenvalue weighted by Gasteiger charge is -2.21. The van der Waals surface area contributed by atoms with Crippen molar-refractivity contribution in [3.05, 3.63) is 47.7 Å². The number of aryl methyl sites for hydroxylation is 1. The zero-order valence-electron chi connectivity index (χ0n) is 17.7. The summed E-state index contributed by atoms with van der Waals surface area (Å²) in [6, 6.07) is 8.07. The van der Waals surface area contributed by atoms with Crippen LogP contribution in [0.15, 0.2) is 45.9 Å². The summed E-state index contributed by atoms with van der Waals surface area (Å²) in [5, 5.41) is 2.37. The van der Waals surface area contributed by atoms with Gasteiger partial charge in [0.25, 0.3) is 15.9 Å². The van der Waals surface area contributed by atoms with Crippen LogP contribution in [-0.4, -0.2) is 55.8 Å². The fraction of sp³-hybridized carbons (Fsp3) is 0.400. The fourth-order valence-electron chi connectivity index (χ4n) is 3.21. The summed E-state index contributed by atoms with van der Waals surface area (Å²) in [6.07, 6.45) is 0.666. The van der Waals surface area contributed by atoms with E-state index in [1.165, 1.54) is 38.4 Å². The van der Waals surface area contributed by atoms with E-state index in [0.29, 0.717) is 6.42 Å². The highest BCUT2D eigenvalue weighted by Crippen LogP contribution is 2.27. The van der Waals surface area contributed by atoms with Crippen LogP contribution in [-0.2, 0) is 27.8 Å². The lowest BCUT2D eigenvalue weighted by molar-refractivity contribution is -0.131. The standard InChI is InChI=1S/C20H23F2N3O6S/c1-20(11-10-13-4-6-14(7-5-13)31-18(21)22)17(26)25(19(27)23-20)12-15-8-9-16(30-15)32(28,29)24(2)3/h4-9,18H,10-12H2,1-3H3,(H,23,27). The monoisotopic (exact) mass is 471 g/mol. The Kier molecular flexibility index (Phi) is 6.56. The second-order valence-corrected chi connectivity index (χ2v) is 9.77. The number of rotatable bonds is 9. The lowest BCUT2D eigenvalue weighted by Crippen LogP contribution is -2.44. The van der Waals surface area contributed by atoms with Crippen molar-refractivity contribution in [3.63, 3.8) is 0 Å². The summed E-state index contributed by atoms with van der Waals surface area (Å²) in [6.45, 7) is -1.54. The highest BCUT2D eigenvalue weighted by Gasteiger charge is 2.47. The molecule has 2 heterocycles. The van der Waals surface area contributed by atoms with E-state index >= 15 is 0 Å². The van der Waals surface area contributed by atoms with E-state index in [1.807, 2.05) is 0 Å². The number of carbonyl (C=O) groups is 2. The summed E-state index contributed by atoms with van der Waals surface area (Å²) in [5.74, 6) is -0.304. The van der Waals surface area contributed by atoms with Crippen LogP contribution in [0, 0.1) is 0 Å². The zero-order valence-corrected chi connectivity index (χ0v) is 18.5. The molecule has 32 heavy (non-hydrogen) atoms. The third kappa shape index (κ3) is 4.91. The third-order valence-corrected chi connectivity index (χ3v) is 6.78. The van der Waals surface area contributed by atoms with E-state index in [9.17, 15) is 26.8 Å².